The molecular weight excluding hydrogens is 585 g/mol. The highest BCUT2D eigenvalue weighted by molar-refractivity contribution is 5.69. The topological polar surface area (TPSA) is 26.3 Å². The fourth-order valence-electron chi connectivity index (χ4n) is 11.5. The average molecular weight is 665 g/mol. The standard InChI is InChI=1S/C46H80O2/c1-7-8-9-10-11-12-13-14-15-16-17-18-19-20-21-22-26-44(47)48-39-31-33-45(5)38(35-39)27-28-40-42-30-29-41(37(4)25-23-24-36(2)3)46(42,6)34-32-43(40)45/h18-19,27,36-37,39-43H,7-17,20-26,28-35H2,1-6H3/b19-18-/t37-,39+,40+,41-,42+,43+,45+,46-/m1/s1. The van der Waals surface area contributed by atoms with Gasteiger partial charge in [-0.15, -0.1) is 0 Å². The van der Waals surface area contributed by atoms with E-state index in [0.717, 1.165) is 67.6 Å². The first-order valence-corrected chi connectivity index (χ1v) is 21.7. The number of hydrogen-bond donors (Lipinski definition) is 0. The first kappa shape index (κ1) is 39.7. The molecule has 0 unspecified atom stereocenters. The minimum atomic E-state index is 0.0418. The Bertz CT molecular complexity index is 992. The second-order valence-electron chi connectivity index (χ2n) is 18.3. The zero-order valence-corrected chi connectivity index (χ0v) is 33.0. The highest BCUT2D eigenvalue weighted by Gasteiger charge is 2.59. The van der Waals surface area contributed by atoms with Crippen molar-refractivity contribution in [2.45, 2.75) is 215 Å². The minimum absolute atomic E-state index is 0.0418. The van der Waals surface area contributed by atoms with E-state index < -0.39 is 0 Å². The van der Waals surface area contributed by atoms with Crippen LogP contribution in [0.3, 0.4) is 0 Å². The van der Waals surface area contributed by atoms with E-state index in [1.807, 2.05) is 0 Å². The van der Waals surface area contributed by atoms with Crippen LogP contribution in [0.1, 0.15) is 208 Å². The van der Waals surface area contributed by atoms with E-state index in [4.69, 9.17) is 4.74 Å². The minimum Gasteiger partial charge on any atom is -0.462 e. The van der Waals surface area contributed by atoms with Crippen LogP contribution < -0.4 is 0 Å². The van der Waals surface area contributed by atoms with Crippen molar-refractivity contribution in [2.75, 3.05) is 0 Å². The van der Waals surface area contributed by atoms with Gasteiger partial charge in [0.05, 0.1) is 0 Å². The van der Waals surface area contributed by atoms with Crippen LogP contribution >= 0.6 is 0 Å². The third kappa shape index (κ3) is 11.0. The van der Waals surface area contributed by atoms with Gasteiger partial charge in [0.1, 0.15) is 6.10 Å². The van der Waals surface area contributed by atoms with Crippen LogP contribution in [-0.4, -0.2) is 12.1 Å². The molecule has 0 aromatic carbocycles. The van der Waals surface area contributed by atoms with Crippen LogP contribution in [0.15, 0.2) is 23.8 Å². The van der Waals surface area contributed by atoms with Gasteiger partial charge in [-0.05, 0) is 123 Å². The molecule has 0 bridgehead atoms. The molecule has 0 aromatic rings. The van der Waals surface area contributed by atoms with Crippen LogP contribution in [0.4, 0.5) is 0 Å². The lowest BCUT2D eigenvalue weighted by Gasteiger charge is -2.58. The molecule has 0 aromatic heterocycles. The van der Waals surface area contributed by atoms with Crippen molar-refractivity contribution in [3.8, 4) is 0 Å². The molecule has 0 heterocycles. The Balaban J connectivity index is 1.10. The maximum Gasteiger partial charge on any atom is 0.306 e. The Labute approximate surface area is 299 Å². The van der Waals surface area contributed by atoms with Crippen molar-refractivity contribution in [2.24, 2.45) is 46.3 Å². The van der Waals surface area contributed by atoms with Gasteiger partial charge < -0.3 is 4.74 Å². The molecule has 4 rings (SSSR count). The lowest BCUT2D eigenvalue weighted by molar-refractivity contribution is -0.151. The monoisotopic (exact) mass is 665 g/mol. The van der Waals surface area contributed by atoms with Crippen molar-refractivity contribution in [3.63, 3.8) is 0 Å². The quantitative estimate of drug-likeness (QED) is 0.0654. The van der Waals surface area contributed by atoms with E-state index in [1.54, 1.807) is 5.57 Å². The second-order valence-corrected chi connectivity index (χ2v) is 18.3. The van der Waals surface area contributed by atoms with Gasteiger partial charge in [0.15, 0.2) is 0 Å². The number of ether oxygens (including phenoxy) is 1. The third-order valence-corrected chi connectivity index (χ3v) is 14.5. The molecule has 0 N–H and O–H groups in total. The normalized spacial score (nSPS) is 32.1. The zero-order valence-electron chi connectivity index (χ0n) is 33.0. The predicted molar refractivity (Wildman–Crippen MR) is 207 cm³/mol. The zero-order chi connectivity index (χ0) is 34.4. The molecule has 2 heteroatoms. The van der Waals surface area contributed by atoms with Crippen molar-refractivity contribution < 1.29 is 9.53 Å². The fourth-order valence-corrected chi connectivity index (χ4v) is 11.5. The smallest absolute Gasteiger partial charge is 0.306 e. The highest BCUT2D eigenvalue weighted by atomic mass is 16.5. The number of fused-ring (bicyclic) bond motifs is 5. The Morgan fingerprint density at radius 3 is 2.15 bits per heavy atom. The highest BCUT2D eigenvalue weighted by Crippen LogP contribution is 2.67. The van der Waals surface area contributed by atoms with Gasteiger partial charge in [-0.2, -0.15) is 0 Å². The van der Waals surface area contributed by atoms with Crippen molar-refractivity contribution >= 4 is 5.97 Å². The summed E-state index contributed by atoms with van der Waals surface area (Å²) in [5.74, 6) is 5.29. The Morgan fingerprint density at radius 1 is 0.792 bits per heavy atom. The van der Waals surface area contributed by atoms with Crippen LogP contribution in [-0.2, 0) is 9.53 Å². The Kier molecular flexibility index (Phi) is 16.6. The number of allylic oxidation sites excluding steroid dienone is 3. The Morgan fingerprint density at radius 2 is 1.46 bits per heavy atom. The number of esters is 1. The number of hydrogen-bond acceptors (Lipinski definition) is 2. The number of carbonyl (C=O) groups excluding carboxylic acids is 1. The van der Waals surface area contributed by atoms with Gasteiger partial charge in [0.25, 0.3) is 0 Å². The maximum absolute atomic E-state index is 12.8. The molecular formula is C46H80O2. The molecule has 0 aliphatic heterocycles. The first-order chi connectivity index (χ1) is 23.2. The summed E-state index contributed by atoms with van der Waals surface area (Å²) in [6.07, 6.45) is 41.0. The number of rotatable bonds is 22. The van der Waals surface area contributed by atoms with Gasteiger partial charge >= 0.3 is 5.97 Å². The third-order valence-electron chi connectivity index (χ3n) is 14.5. The summed E-state index contributed by atoms with van der Waals surface area (Å²) in [4.78, 5) is 12.8. The van der Waals surface area contributed by atoms with Gasteiger partial charge in [0, 0.05) is 12.8 Å². The first-order valence-electron chi connectivity index (χ1n) is 21.7. The molecule has 4 aliphatic rings. The average Bonchev–Trinajstić information content (AvgIpc) is 3.42. The number of unbranched alkanes of at least 4 members (excludes halogenated alkanes) is 12. The summed E-state index contributed by atoms with van der Waals surface area (Å²) in [7, 11) is 0. The van der Waals surface area contributed by atoms with Crippen LogP contribution in [0.25, 0.3) is 0 Å². The lowest BCUT2D eigenvalue weighted by atomic mass is 9.47. The molecule has 4 aliphatic carbocycles. The molecule has 276 valence electrons. The SMILES string of the molecule is CCCCCCCCCCCC/C=C\CCCCC(=O)O[C@H]1CC[C@@]2(C)C(=CC[C@H]3[C@@H]4CC[C@H]([C@H](C)CCCC(C)C)[C@@]4(C)CC[C@@H]32)C1. The van der Waals surface area contributed by atoms with Gasteiger partial charge in [-0.3, -0.25) is 4.79 Å². The second kappa shape index (κ2) is 20.1. The van der Waals surface area contributed by atoms with Crippen LogP contribution in [0, 0.1) is 46.3 Å². The van der Waals surface area contributed by atoms with E-state index in [-0.39, 0.29) is 12.1 Å². The summed E-state index contributed by atoms with van der Waals surface area (Å²) in [6.45, 7) is 14.9. The lowest BCUT2D eigenvalue weighted by Crippen LogP contribution is -2.51. The summed E-state index contributed by atoms with van der Waals surface area (Å²) >= 11 is 0. The molecule has 8 atom stereocenters. The Hall–Kier alpha value is -1.05. The van der Waals surface area contributed by atoms with Crippen molar-refractivity contribution in [3.05, 3.63) is 23.8 Å². The molecule has 0 radical (unpaired) electrons. The van der Waals surface area contributed by atoms with Crippen LogP contribution in [0.5, 0.6) is 0 Å². The number of carbonyl (C=O) groups is 1. The summed E-state index contributed by atoms with van der Waals surface area (Å²) in [6, 6.07) is 0. The molecule has 0 spiro atoms. The largest absolute Gasteiger partial charge is 0.462 e. The van der Waals surface area contributed by atoms with E-state index in [2.05, 4.69) is 59.8 Å². The summed E-state index contributed by atoms with van der Waals surface area (Å²) in [5, 5.41) is 0. The van der Waals surface area contributed by atoms with Crippen molar-refractivity contribution in [1.82, 2.24) is 0 Å². The predicted octanol–water partition coefficient (Wildman–Crippen LogP) is 14.4. The van der Waals surface area contributed by atoms with Crippen molar-refractivity contribution in [1.29, 1.82) is 0 Å². The molecule has 48 heavy (non-hydrogen) atoms. The van der Waals surface area contributed by atoms with E-state index in [9.17, 15) is 4.79 Å². The molecule has 0 amide bonds. The van der Waals surface area contributed by atoms with Gasteiger partial charge in [-0.1, -0.05) is 142 Å². The van der Waals surface area contributed by atoms with E-state index in [0.29, 0.717) is 17.3 Å². The van der Waals surface area contributed by atoms with E-state index in [1.165, 1.54) is 128 Å². The molecule has 2 nitrogen and oxygen atoms in total. The molecule has 3 fully saturated rings. The molecule has 3 saturated carbocycles. The fraction of sp³-hybridized carbons (Fsp3) is 0.891. The molecule has 0 saturated heterocycles. The summed E-state index contributed by atoms with van der Waals surface area (Å²) in [5.41, 5.74) is 2.52. The van der Waals surface area contributed by atoms with Gasteiger partial charge in [0.2, 0.25) is 0 Å². The van der Waals surface area contributed by atoms with E-state index >= 15 is 0 Å². The maximum atomic E-state index is 12.8. The van der Waals surface area contributed by atoms with Gasteiger partial charge in [-0.25, -0.2) is 0 Å². The van der Waals surface area contributed by atoms with Crippen LogP contribution in [0.2, 0.25) is 0 Å². The summed E-state index contributed by atoms with van der Waals surface area (Å²) < 4.78 is 6.12.